The Kier molecular flexibility index (Phi) is 4.01. The number of nitriles is 3. The summed E-state index contributed by atoms with van der Waals surface area (Å²) in [6.45, 7) is 3.40. The quantitative estimate of drug-likeness (QED) is 0.798. The molecule has 0 unspecified atom stereocenters. The van der Waals surface area contributed by atoms with E-state index >= 15 is 0 Å². The maximum atomic E-state index is 9.87. The molecule has 6 heteroatoms. The van der Waals surface area contributed by atoms with Crippen LogP contribution in [0.15, 0.2) is 23.8 Å². The molecule has 1 saturated carbocycles. The third kappa shape index (κ3) is 2.18. The molecule has 0 saturated heterocycles. The average Bonchev–Trinajstić information content (AvgIpc) is 3.00. The van der Waals surface area contributed by atoms with Crippen molar-refractivity contribution >= 4 is 17.0 Å². The van der Waals surface area contributed by atoms with E-state index in [2.05, 4.69) is 23.1 Å². The van der Waals surface area contributed by atoms with E-state index in [4.69, 9.17) is 5.41 Å². The Bertz CT molecular complexity index is 830. The monoisotopic (exact) mass is 335 g/mol. The van der Waals surface area contributed by atoms with Gasteiger partial charge in [0.2, 0.25) is 0 Å². The molecule has 1 N–H and O–H groups in total. The fraction of sp³-hybridized carbons (Fsp3) is 0.444. The van der Waals surface area contributed by atoms with E-state index in [1.165, 1.54) is 0 Å². The number of nitrogens with zero attached hydrogens (tertiary/aromatic N) is 4. The third-order valence-corrected chi connectivity index (χ3v) is 6.12. The Morgan fingerprint density at radius 1 is 1.29 bits per heavy atom. The normalized spacial score (nSPS) is 28.9. The molecule has 1 aromatic rings. The molecular formula is C18H17N5S. The van der Waals surface area contributed by atoms with Gasteiger partial charge >= 0.3 is 0 Å². The standard InChI is InChI=1S/C18H17N5S/c1-11-3-4-15(24-11)16-14-8-23(2)6-5-12(14)13(7-19)17(22)18(16,9-20)10-21/h3-5,13-14,16,22H,6,8H2,1-2H3/t13-,14+,16-/m1/s1. The van der Waals surface area contributed by atoms with Crippen LogP contribution in [0.25, 0.3) is 0 Å². The fourth-order valence-electron chi connectivity index (χ4n) is 3.88. The summed E-state index contributed by atoms with van der Waals surface area (Å²) in [5, 5.41) is 37.8. The zero-order chi connectivity index (χ0) is 17.5. The fourth-order valence-corrected chi connectivity index (χ4v) is 4.99. The molecule has 1 fully saturated rings. The van der Waals surface area contributed by atoms with Crippen LogP contribution in [-0.2, 0) is 0 Å². The SMILES string of the molecule is Cc1ccc([C@H]2[C@H]3CN(C)CC=C3[C@@H](C#N)C(=N)C2(C#N)C#N)s1. The first-order valence-electron chi connectivity index (χ1n) is 7.74. The van der Waals surface area contributed by atoms with Crippen molar-refractivity contribution < 1.29 is 0 Å². The molecular weight excluding hydrogens is 318 g/mol. The summed E-state index contributed by atoms with van der Waals surface area (Å²) in [7, 11) is 1.99. The predicted octanol–water partition coefficient (Wildman–Crippen LogP) is 2.83. The van der Waals surface area contributed by atoms with E-state index < -0.39 is 17.3 Å². The Morgan fingerprint density at radius 3 is 2.54 bits per heavy atom. The van der Waals surface area contributed by atoms with Crippen molar-refractivity contribution in [3.63, 3.8) is 0 Å². The molecule has 0 amide bonds. The van der Waals surface area contributed by atoms with E-state index in [1.807, 2.05) is 32.2 Å². The molecule has 2 aliphatic rings. The summed E-state index contributed by atoms with van der Waals surface area (Å²) < 4.78 is 0. The minimum absolute atomic E-state index is 0.0712. The highest BCUT2D eigenvalue weighted by atomic mass is 32.1. The zero-order valence-electron chi connectivity index (χ0n) is 13.6. The molecule has 0 radical (unpaired) electrons. The lowest BCUT2D eigenvalue weighted by molar-refractivity contribution is 0.237. The summed E-state index contributed by atoms with van der Waals surface area (Å²) >= 11 is 1.57. The van der Waals surface area contributed by atoms with Crippen LogP contribution >= 0.6 is 11.3 Å². The van der Waals surface area contributed by atoms with Crippen LogP contribution in [0.2, 0.25) is 0 Å². The first-order chi connectivity index (χ1) is 11.5. The number of nitrogens with one attached hydrogen (secondary N) is 1. The largest absolute Gasteiger partial charge is 0.305 e. The van der Waals surface area contributed by atoms with Crippen LogP contribution in [0, 0.1) is 63.6 Å². The summed E-state index contributed by atoms with van der Waals surface area (Å²) in [5.74, 6) is -1.28. The van der Waals surface area contributed by atoms with Gasteiger partial charge in [0.25, 0.3) is 0 Å². The van der Waals surface area contributed by atoms with Gasteiger partial charge < -0.3 is 10.3 Å². The van der Waals surface area contributed by atoms with Crippen LogP contribution in [-0.4, -0.2) is 30.7 Å². The molecule has 1 aliphatic heterocycles. The molecule has 3 rings (SSSR count). The van der Waals surface area contributed by atoms with Gasteiger partial charge in [-0.3, -0.25) is 0 Å². The number of hydrogen-bond acceptors (Lipinski definition) is 6. The van der Waals surface area contributed by atoms with Crippen LogP contribution in [0.5, 0.6) is 0 Å². The molecule has 5 nitrogen and oxygen atoms in total. The summed E-state index contributed by atoms with van der Waals surface area (Å²) in [6, 6.07) is 10.3. The van der Waals surface area contributed by atoms with Crippen molar-refractivity contribution in [2.24, 2.45) is 17.3 Å². The highest BCUT2D eigenvalue weighted by Crippen LogP contribution is 2.54. The predicted molar refractivity (Wildman–Crippen MR) is 91.4 cm³/mol. The molecule has 120 valence electrons. The van der Waals surface area contributed by atoms with Gasteiger partial charge in [-0.25, -0.2) is 0 Å². The van der Waals surface area contributed by atoms with Crippen LogP contribution < -0.4 is 0 Å². The highest BCUT2D eigenvalue weighted by molar-refractivity contribution is 7.12. The van der Waals surface area contributed by atoms with Crippen molar-refractivity contribution in [2.45, 2.75) is 12.8 Å². The second-order valence-electron chi connectivity index (χ2n) is 6.47. The van der Waals surface area contributed by atoms with Crippen molar-refractivity contribution in [3.8, 4) is 18.2 Å². The smallest absolute Gasteiger partial charge is 0.190 e. The van der Waals surface area contributed by atoms with Gasteiger partial charge in [0, 0.05) is 34.7 Å². The maximum Gasteiger partial charge on any atom is 0.190 e. The molecule has 1 aliphatic carbocycles. The lowest BCUT2D eigenvalue weighted by atomic mass is 9.55. The van der Waals surface area contributed by atoms with Crippen LogP contribution in [0.1, 0.15) is 15.7 Å². The van der Waals surface area contributed by atoms with E-state index in [0.29, 0.717) is 6.54 Å². The number of fused-ring (bicyclic) bond motifs is 1. The first-order valence-corrected chi connectivity index (χ1v) is 8.56. The van der Waals surface area contributed by atoms with Crippen molar-refractivity contribution in [3.05, 3.63) is 33.5 Å². The topological polar surface area (TPSA) is 98.5 Å². The number of hydrogen-bond donors (Lipinski definition) is 1. The summed E-state index contributed by atoms with van der Waals surface area (Å²) in [5.41, 5.74) is -0.756. The minimum Gasteiger partial charge on any atom is -0.305 e. The third-order valence-electron chi connectivity index (χ3n) is 5.04. The Morgan fingerprint density at radius 2 is 2.00 bits per heavy atom. The van der Waals surface area contributed by atoms with Crippen molar-refractivity contribution in [2.75, 3.05) is 20.1 Å². The molecule has 24 heavy (non-hydrogen) atoms. The second-order valence-corrected chi connectivity index (χ2v) is 7.78. The van der Waals surface area contributed by atoms with Gasteiger partial charge in [0.05, 0.1) is 23.9 Å². The van der Waals surface area contributed by atoms with Gasteiger partial charge in [0.15, 0.2) is 5.41 Å². The first kappa shape index (κ1) is 16.4. The van der Waals surface area contributed by atoms with E-state index in [1.54, 1.807) is 11.3 Å². The molecule has 2 heterocycles. The summed E-state index contributed by atoms with van der Waals surface area (Å²) in [4.78, 5) is 4.19. The zero-order valence-corrected chi connectivity index (χ0v) is 14.4. The Labute approximate surface area is 145 Å². The van der Waals surface area contributed by atoms with E-state index in [-0.39, 0.29) is 11.6 Å². The van der Waals surface area contributed by atoms with Gasteiger partial charge in [0.1, 0.15) is 5.92 Å². The van der Waals surface area contributed by atoms with Crippen LogP contribution in [0.3, 0.4) is 0 Å². The number of likely N-dealkylation sites (N-methyl/N-ethyl adjacent to an activating group) is 1. The highest BCUT2D eigenvalue weighted by Gasteiger charge is 2.57. The Balaban J connectivity index is 2.26. The minimum atomic E-state index is -1.59. The number of rotatable bonds is 1. The molecule has 0 bridgehead atoms. The van der Waals surface area contributed by atoms with Gasteiger partial charge in [-0.1, -0.05) is 6.08 Å². The van der Waals surface area contributed by atoms with Gasteiger partial charge in [-0.05, 0) is 31.7 Å². The molecule has 1 aromatic heterocycles. The van der Waals surface area contributed by atoms with Crippen molar-refractivity contribution in [1.82, 2.24) is 4.90 Å². The van der Waals surface area contributed by atoms with Gasteiger partial charge in [-0.15, -0.1) is 11.3 Å². The van der Waals surface area contributed by atoms with E-state index in [9.17, 15) is 15.8 Å². The average molecular weight is 335 g/mol. The lowest BCUT2D eigenvalue weighted by Crippen LogP contribution is -2.52. The number of thiophene rings is 1. The molecule has 3 atom stereocenters. The van der Waals surface area contributed by atoms with Crippen LogP contribution in [0.4, 0.5) is 0 Å². The Hall–Kier alpha value is -2.46. The second kappa shape index (κ2) is 5.87. The molecule has 0 aromatic carbocycles. The van der Waals surface area contributed by atoms with Crippen molar-refractivity contribution in [1.29, 1.82) is 21.2 Å². The summed E-state index contributed by atoms with van der Waals surface area (Å²) in [6.07, 6.45) is 2.00. The van der Waals surface area contributed by atoms with E-state index in [0.717, 1.165) is 21.9 Å². The number of aryl methyl sites for hydroxylation is 1. The van der Waals surface area contributed by atoms with Gasteiger partial charge in [-0.2, -0.15) is 15.8 Å². The maximum absolute atomic E-state index is 9.87. The molecule has 0 spiro atoms. The lowest BCUT2D eigenvalue weighted by Gasteiger charge is -2.46.